The number of carbonyl (C=O) groups is 2. The molecule has 30 heavy (non-hydrogen) atoms. The van der Waals surface area contributed by atoms with Gasteiger partial charge in [-0.05, 0) is 44.0 Å². The molecule has 0 bridgehead atoms. The minimum Gasteiger partial charge on any atom is -0.369 e. The second-order valence-electron chi connectivity index (χ2n) is 8.56. The summed E-state index contributed by atoms with van der Waals surface area (Å²) in [4.78, 5) is 30.8. The lowest BCUT2D eigenvalue weighted by Crippen LogP contribution is -2.47. The van der Waals surface area contributed by atoms with Crippen molar-refractivity contribution in [1.29, 1.82) is 0 Å². The number of anilines is 1. The van der Waals surface area contributed by atoms with Crippen molar-refractivity contribution in [2.45, 2.75) is 38.3 Å². The number of piperazine rings is 1. The molecule has 1 saturated carbocycles. The van der Waals surface area contributed by atoms with E-state index in [1.54, 1.807) is 6.07 Å². The van der Waals surface area contributed by atoms with Crippen molar-refractivity contribution >= 4 is 17.5 Å². The van der Waals surface area contributed by atoms with E-state index in [1.807, 2.05) is 4.90 Å². The molecule has 1 aliphatic carbocycles. The molecule has 2 atom stereocenters. The van der Waals surface area contributed by atoms with Crippen LogP contribution >= 0.6 is 0 Å². The number of benzene rings is 1. The van der Waals surface area contributed by atoms with Crippen molar-refractivity contribution < 1.29 is 22.8 Å². The minimum atomic E-state index is -4.33. The van der Waals surface area contributed by atoms with Crippen LogP contribution in [0.25, 0.3) is 0 Å². The highest BCUT2D eigenvalue weighted by Gasteiger charge is 2.47. The molecule has 2 unspecified atom stereocenters. The van der Waals surface area contributed by atoms with Gasteiger partial charge in [0.1, 0.15) is 0 Å². The average molecular weight is 423 g/mol. The van der Waals surface area contributed by atoms with Crippen LogP contribution in [-0.2, 0) is 15.8 Å². The van der Waals surface area contributed by atoms with Crippen LogP contribution in [0.4, 0.5) is 18.9 Å². The number of hydrogen-bond donors (Lipinski definition) is 0. The first kappa shape index (κ1) is 21.2. The fourth-order valence-corrected chi connectivity index (χ4v) is 5.01. The Morgan fingerprint density at radius 2 is 1.53 bits per heavy atom. The average Bonchev–Trinajstić information content (AvgIpc) is 2.99. The molecule has 5 nitrogen and oxygen atoms in total. The van der Waals surface area contributed by atoms with Crippen LogP contribution in [0.5, 0.6) is 0 Å². The molecule has 1 aromatic rings. The van der Waals surface area contributed by atoms with Crippen molar-refractivity contribution in [3.8, 4) is 0 Å². The van der Waals surface area contributed by atoms with Crippen LogP contribution in [0.3, 0.4) is 0 Å². The van der Waals surface area contributed by atoms with Crippen LogP contribution in [0.1, 0.15) is 37.7 Å². The summed E-state index contributed by atoms with van der Waals surface area (Å²) < 4.78 is 38.8. The van der Waals surface area contributed by atoms with E-state index in [4.69, 9.17) is 0 Å². The van der Waals surface area contributed by atoms with Gasteiger partial charge in [-0.15, -0.1) is 0 Å². The molecule has 0 aromatic heterocycles. The molecule has 0 radical (unpaired) electrons. The van der Waals surface area contributed by atoms with E-state index in [9.17, 15) is 22.8 Å². The molecule has 2 aliphatic heterocycles. The first-order valence-corrected chi connectivity index (χ1v) is 10.8. The monoisotopic (exact) mass is 423 g/mol. The van der Waals surface area contributed by atoms with Crippen molar-refractivity contribution in [1.82, 2.24) is 9.80 Å². The lowest BCUT2D eigenvalue weighted by atomic mass is 9.81. The Morgan fingerprint density at radius 3 is 2.13 bits per heavy atom. The number of likely N-dealkylation sites (tertiary alicyclic amines) is 1. The molecule has 4 rings (SSSR count). The molecule has 8 heteroatoms. The highest BCUT2D eigenvalue weighted by Crippen LogP contribution is 2.38. The summed E-state index contributed by atoms with van der Waals surface area (Å²) in [6, 6.07) is 5.47. The maximum absolute atomic E-state index is 12.9. The highest BCUT2D eigenvalue weighted by molar-refractivity contribution is 6.05. The zero-order valence-corrected chi connectivity index (χ0v) is 17.0. The third-order valence-corrected chi connectivity index (χ3v) is 6.70. The number of hydrogen-bond acceptors (Lipinski definition) is 4. The van der Waals surface area contributed by atoms with E-state index < -0.39 is 11.7 Å². The number of carbonyl (C=O) groups excluding carboxylic acids is 2. The summed E-state index contributed by atoms with van der Waals surface area (Å²) >= 11 is 0. The standard InChI is InChI=1S/C22H28F3N3O2/c23-22(24,25)16-5-3-6-17(15-16)27-13-11-26(12-14-27)9-4-10-28-20(29)18-7-1-2-8-19(18)21(28)30/h3,5-6,15,18-19H,1-2,4,7-14H2. The van der Waals surface area contributed by atoms with Crippen molar-refractivity contribution in [2.75, 3.05) is 44.2 Å². The van der Waals surface area contributed by atoms with Crippen LogP contribution in [0.15, 0.2) is 24.3 Å². The van der Waals surface area contributed by atoms with E-state index in [0.717, 1.165) is 57.8 Å². The summed E-state index contributed by atoms with van der Waals surface area (Å²) in [7, 11) is 0. The molecule has 0 N–H and O–H groups in total. The van der Waals surface area contributed by atoms with Gasteiger partial charge >= 0.3 is 6.18 Å². The SMILES string of the molecule is O=C1C2CCCCC2C(=O)N1CCCN1CCN(c2cccc(C(F)(F)F)c2)CC1. The molecule has 164 valence electrons. The van der Waals surface area contributed by atoms with Gasteiger partial charge in [-0.1, -0.05) is 18.9 Å². The van der Waals surface area contributed by atoms with E-state index in [-0.39, 0.29) is 23.7 Å². The summed E-state index contributed by atoms with van der Waals surface area (Å²) in [5, 5.41) is 0. The Kier molecular flexibility index (Phi) is 6.04. The zero-order valence-electron chi connectivity index (χ0n) is 17.0. The third-order valence-electron chi connectivity index (χ3n) is 6.70. The van der Waals surface area contributed by atoms with Gasteiger partial charge in [0.2, 0.25) is 11.8 Å². The molecule has 3 aliphatic rings. The summed E-state index contributed by atoms with van der Waals surface area (Å²) in [5.74, 6) is -0.164. The molecule has 0 spiro atoms. The number of nitrogens with zero attached hydrogens (tertiary/aromatic N) is 3. The fourth-order valence-electron chi connectivity index (χ4n) is 5.01. The molecular formula is C22H28F3N3O2. The smallest absolute Gasteiger partial charge is 0.369 e. The normalized spacial score (nSPS) is 25.7. The number of rotatable bonds is 5. The number of fused-ring (bicyclic) bond motifs is 1. The molecular weight excluding hydrogens is 395 g/mol. The Morgan fingerprint density at radius 1 is 0.900 bits per heavy atom. The van der Waals surface area contributed by atoms with Crippen molar-refractivity contribution in [3.63, 3.8) is 0 Å². The molecule has 2 heterocycles. The Balaban J connectivity index is 1.24. The van der Waals surface area contributed by atoms with E-state index in [2.05, 4.69) is 4.90 Å². The van der Waals surface area contributed by atoms with E-state index in [1.165, 1.54) is 17.0 Å². The Labute approximate surface area is 174 Å². The second kappa shape index (κ2) is 8.57. The summed E-state index contributed by atoms with van der Waals surface area (Å²) in [6.07, 6.45) is 0.140. The number of amides is 2. The minimum absolute atomic E-state index is 0.0130. The van der Waals surface area contributed by atoms with Gasteiger partial charge in [0.15, 0.2) is 0 Å². The van der Waals surface area contributed by atoms with E-state index >= 15 is 0 Å². The number of alkyl halides is 3. The molecule has 1 aromatic carbocycles. The topological polar surface area (TPSA) is 43.9 Å². The maximum atomic E-state index is 12.9. The van der Waals surface area contributed by atoms with Gasteiger partial charge in [0, 0.05) is 38.4 Å². The third kappa shape index (κ3) is 4.33. The highest BCUT2D eigenvalue weighted by atomic mass is 19.4. The largest absolute Gasteiger partial charge is 0.416 e. The first-order valence-electron chi connectivity index (χ1n) is 10.8. The Hall–Kier alpha value is -2.09. The second-order valence-corrected chi connectivity index (χ2v) is 8.56. The van der Waals surface area contributed by atoms with Crippen molar-refractivity contribution in [2.24, 2.45) is 11.8 Å². The predicted molar refractivity (Wildman–Crippen MR) is 107 cm³/mol. The van der Waals surface area contributed by atoms with Crippen LogP contribution in [0, 0.1) is 11.8 Å². The lowest BCUT2D eigenvalue weighted by Gasteiger charge is -2.36. The summed E-state index contributed by atoms with van der Waals surface area (Å²) in [6.45, 7) is 4.08. The van der Waals surface area contributed by atoms with Gasteiger partial charge in [0.05, 0.1) is 17.4 Å². The predicted octanol–water partition coefficient (Wildman–Crippen LogP) is 3.39. The van der Waals surface area contributed by atoms with Crippen LogP contribution in [0.2, 0.25) is 0 Å². The van der Waals surface area contributed by atoms with Gasteiger partial charge < -0.3 is 4.90 Å². The lowest BCUT2D eigenvalue weighted by molar-refractivity contribution is -0.140. The van der Waals surface area contributed by atoms with Crippen molar-refractivity contribution in [3.05, 3.63) is 29.8 Å². The van der Waals surface area contributed by atoms with Crippen LogP contribution in [-0.4, -0.2) is 60.9 Å². The van der Waals surface area contributed by atoms with E-state index in [0.29, 0.717) is 25.3 Å². The van der Waals surface area contributed by atoms with Gasteiger partial charge in [-0.2, -0.15) is 13.2 Å². The number of imide groups is 1. The quantitative estimate of drug-likeness (QED) is 0.681. The van der Waals surface area contributed by atoms with Gasteiger partial charge in [-0.25, -0.2) is 0 Å². The summed E-state index contributed by atoms with van der Waals surface area (Å²) in [5.41, 5.74) is -0.0247. The van der Waals surface area contributed by atoms with Gasteiger partial charge in [-0.3, -0.25) is 19.4 Å². The molecule has 3 fully saturated rings. The van der Waals surface area contributed by atoms with Crippen LogP contribution < -0.4 is 4.90 Å². The molecule has 2 saturated heterocycles. The fraction of sp³-hybridized carbons (Fsp3) is 0.636. The zero-order chi connectivity index (χ0) is 21.3. The number of halogens is 3. The van der Waals surface area contributed by atoms with Gasteiger partial charge in [0.25, 0.3) is 0 Å². The first-order chi connectivity index (χ1) is 14.3. The Bertz CT molecular complexity index is 766. The molecule has 2 amide bonds. The maximum Gasteiger partial charge on any atom is 0.416 e.